The van der Waals surface area contributed by atoms with Crippen molar-refractivity contribution in [3.63, 3.8) is 0 Å². The Bertz CT molecular complexity index is 464. The van der Waals surface area contributed by atoms with Crippen molar-refractivity contribution >= 4 is 23.2 Å². The van der Waals surface area contributed by atoms with Gasteiger partial charge >= 0.3 is 0 Å². The Morgan fingerprint density at radius 3 is 2.81 bits per heavy atom. The molecule has 1 saturated heterocycles. The number of guanidine groups is 1. The van der Waals surface area contributed by atoms with Crippen LogP contribution in [0.5, 0.6) is 0 Å². The van der Waals surface area contributed by atoms with E-state index in [9.17, 15) is 4.79 Å². The van der Waals surface area contributed by atoms with Gasteiger partial charge in [0.25, 0.3) is 0 Å². The third-order valence-corrected chi connectivity index (χ3v) is 4.76. The van der Waals surface area contributed by atoms with Gasteiger partial charge in [0.2, 0.25) is 5.91 Å². The molecular formula is C15H24N4OS. The summed E-state index contributed by atoms with van der Waals surface area (Å²) in [5.41, 5.74) is 0. The lowest BCUT2D eigenvalue weighted by Gasteiger charge is -2.34. The number of nitrogens with zero attached hydrogens (tertiary/aromatic N) is 2. The number of piperidine rings is 1. The van der Waals surface area contributed by atoms with Crippen LogP contribution in [0.15, 0.2) is 22.5 Å². The third-order valence-electron chi connectivity index (χ3n) is 3.88. The molecule has 2 N–H and O–H groups in total. The molecule has 21 heavy (non-hydrogen) atoms. The minimum atomic E-state index is 0.147. The molecule has 0 aliphatic carbocycles. The summed E-state index contributed by atoms with van der Waals surface area (Å²) >= 11 is 1.75. The molecule has 0 unspecified atom stereocenters. The Hall–Kier alpha value is -1.56. The highest BCUT2D eigenvalue weighted by Crippen LogP contribution is 2.20. The van der Waals surface area contributed by atoms with Crippen molar-refractivity contribution in [3.05, 3.63) is 22.4 Å². The maximum absolute atomic E-state index is 11.4. The minimum Gasteiger partial charge on any atom is -0.359 e. The average Bonchev–Trinajstić information content (AvgIpc) is 3.02. The SMILES string of the molecule is CN=C(NCc1cccs1)N1CCC(CC(=O)NC)CC1. The smallest absolute Gasteiger partial charge is 0.220 e. The van der Waals surface area contributed by atoms with E-state index in [1.165, 1.54) is 4.88 Å². The number of hydrogen-bond acceptors (Lipinski definition) is 3. The molecule has 1 amide bonds. The lowest BCUT2D eigenvalue weighted by Crippen LogP contribution is -2.45. The summed E-state index contributed by atoms with van der Waals surface area (Å²) in [6.45, 7) is 2.75. The standard InChI is InChI=1S/C15H24N4OS/c1-16-14(20)10-12-5-7-19(8-6-12)15(17-2)18-11-13-4-3-9-21-13/h3-4,9,12H,5-8,10-11H2,1-2H3,(H,16,20)(H,17,18). The Balaban J connectivity index is 1.78. The molecule has 2 heterocycles. The molecule has 1 aliphatic rings. The molecule has 2 rings (SSSR count). The van der Waals surface area contributed by atoms with E-state index < -0.39 is 0 Å². The second kappa shape index (κ2) is 8.02. The minimum absolute atomic E-state index is 0.147. The van der Waals surface area contributed by atoms with Gasteiger partial charge in [-0.3, -0.25) is 9.79 Å². The van der Waals surface area contributed by atoms with Crippen LogP contribution in [0.1, 0.15) is 24.1 Å². The van der Waals surface area contributed by atoms with E-state index in [0.717, 1.165) is 38.4 Å². The van der Waals surface area contributed by atoms with Crippen LogP contribution < -0.4 is 10.6 Å². The first-order chi connectivity index (χ1) is 10.2. The van der Waals surface area contributed by atoms with Crippen LogP contribution in [-0.2, 0) is 11.3 Å². The fourth-order valence-corrected chi connectivity index (χ4v) is 3.27. The van der Waals surface area contributed by atoms with E-state index in [1.807, 2.05) is 7.05 Å². The number of amides is 1. The van der Waals surface area contributed by atoms with Gasteiger partial charge in [0.15, 0.2) is 5.96 Å². The van der Waals surface area contributed by atoms with Gasteiger partial charge in [-0.1, -0.05) is 6.07 Å². The van der Waals surface area contributed by atoms with E-state index in [4.69, 9.17) is 0 Å². The molecule has 1 aromatic heterocycles. The van der Waals surface area contributed by atoms with Gasteiger partial charge in [-0.15, -0.1) is 11.3 Å². The van der Waals surface area contributed by atoms with Crippen LogP contribution in [0.2, 0.25) is 0 Å². The van der Waals surface area contributed by atoms with Crippen molar-refractivity contribution in [2.75, 3.05) is 27.2 Å². The van der Waals surface area contributed by atoms with Crippen molar-refractivity contribution in [3.8, 4) is 0 Å². The highest BCUT2D eigenvalue weighted by atomic mass is 32.1. The Morgan fingerprint density at radius 2 is 2.24 bits per heavy atom. The number of likely N-dealkylation sites (tertiary alicyclic amines) is 1. The Kier molecular flexibility index (Phi) is 6.04. The zero-order valence-electron chi connectivity index (χ0n) is 12.8. The van der Waals surface area contributed by atoms with Crippen LogP contribution in [0.3, 0.4) is 0 Å². The zero-order valence-corrected chi connectivity index (χ0v) is 13.6. The number of aliphatic imine (C=N–C) groups is 1. The van der Waals surface area contributed by atoms with E-state index in [2.05, 4.69) is 38.0 Å². The predicted octanol–water partition coefficient (Wildman–Crippen LogP) is 1.67. The molecule has 1 aromatic rings. The highest BCUT2D eigenvalue weighted by molar-refractivity contribution is 7.09. The average molecular weight is 308 g/mol. The molecule has 0 aromatic carbocycles. The Morgan fingerprint density at radius 1 is 1.48 bits per heavy atom. The monoisotopic (exact) mass is 308 g/mol. The highest BCUT2D eigenvalue weighted by Gasteiger charge is 2.22. The molecule has 0 spiro atoms. The largest absolute Gasteiger partial charge is 0.359 e. The van der Waals surface area contributed by atoms with E-state index >= 15 is 0 Å². The van der Waals surface area contributed by atoms with Crippen LogP contribution >= 0.6 is 11.3 Å². The molecule has 6 heteroatoms. The van der Waals surface area contributed by atoms with Crippen molar-refractivity contribution < 1.29 is 4.79 Å². The van der Waals surface area contributed by atoms with E-state index in [-0.39, 0.29) is 5.91 Å². The summed E-state index contributed by atoms with van der Waals surface area (Å²) < 4.78 is 0. The second-order valence-corrected chi connectivity index (χ2v) is 6.32. The predicted molar refractivity (Wildman–Crippen MR) is 87.5 cm³/mol. The number of carbonyl (C=O) groups excluding carboxylic acids is 1. The van der Waals surface area contributed by atoms with E-state index in [1.54, 1.807) is 18.4 Å². The first kappa shape index (κ1) is 15.8. The lowest BCUT2D eigenvalue weighted by atomic mass is 9.93. The Labute approximate surface area is 130 Å². The van der Waals surface area contributed by atoms with Crippen LogP contribution in [0, 0.1) is 5.92 Å². The summed E-state index contributed by atoms with van der Waals surface area (Å²) in [5, 5.41) is 8.21. The molecule has 1 aliphatic heterocycles. The summed E-state index contributed by atoms with van der Waals surface area (Å²) in [7, 11) is 3.53. The molecule has 0 radical (unpaired) electrons. The second-order valence-electron chi connectivity index (χ2n) is 5.29. The lowest BCUT2D eigenvalue weighted by molar-refractivity contribution is -0.121. The topological polar surface area (TPSA) is 56.7 Å². The normalized spacial score (nSPS) is 16.9. The summed E-state index contributed by atoms with van der Waals surface area (Å²) in [6.07, 6.45) is 2.74. The molecule has 0 saturated carbocycles. The van der Waals surface area contributed by atoms with Crippen molar-refractivity contribution in [2.24, 2.45) is 10.9 Å². The zero-order chi connectivity index (χ0) is 15.1. The van der Waals surface area contributed by atoms with Gasteiger partial charge < -0.3 is 15.5 Å². The fraction of sp³-hybridized carbons (Fsp3) is 0.600. The number of nitrogens with one attached hydrogen (secondary N) is 2. The molecular weight excluding hydrogens is 284 g/mol. The summed E-state index contributed by atoms with van der Waals surface area (Å²) in [6, 6.07) is 4.19. The first-order valence-electron chi connectivity index (χ1n) is 7.41. The maximum Gasteiger partial charge on any atom is 0.220 e. The third kappa shape index (κ3) is 4.74. The van der Waals surface area contributed by atoms with Gasteiger partial charge in [-0.05, 0) is 30.2 Å². The van der Waals surface area contributed by atoms with Gasteiger partial charge in [-0.25, -0.2) is 0 Å². The van der Waals surface area contributed by atoms with E-state index in [0.29, 0.717) is 12.3 Å². The molecule has 5 nitrogen and oxygen atoms in total. The van der Waals surface area contributed by atoms with Gasteiger partial charge in [0, 0.05) is 38.5 Å². The van der Waals surface area contributed by atoms with Gasteiger partial charge in [0.05, 0.1) is 6.54 Å². The molecule has 1 fully saturated rings. The number of carbonyl (C=O) groups is 1. The van der Waals surface area contributed by atoms with Crippen molar-refractivity contribution in [1.82, 2.24) is 15.5 Å². The van der Waals surface area contributed by atoms with Crippen molar-refractivity contribution in [2.45, 2.75) is 25.8 Å². The maximum atomic E-state index is 11.4. The number of rotatable bonds is 4. The fourth-order valence-electron chi connectivity index (χ4n) is 2.62. The quantitative estimate of drug-likeness (QED) is 0.657. The van der Waals surface area contributed by atoms with Crippen LogP contribution in [0.4, 0.5) is 0 Å². The summed E-state index contributed by atoms with van der Waals surface area (Å²) in [4.78, 5) is 19.4. The van der Waals surface area contributed by atoms with Crippen LogP contribution in [-0.4, -0.2) is 44.0 Å². The number of hydrogen-bond donors (Lipinski definition) is 2. The molecule has 0 atom stereocenters. The molecule has 0 bridgehead atoms. The van der Waals surface area contributed by atoms with Crippen LogP contribution in [0.25, 0.3) is 0 Å². The van der Waals surface area contributed by atoms with Gasteiger partial charge in [-0.2, -0.15) is 0 Å². The molecule has 116 valence electrons. The summed E-state index contributed by atoms with van der Waals surface area (Å²) in [5.74, 6) is 1.60. The first-order valence-corrected chi connectivity index (χ1v) is 8.29. The van der Waals surface area contributed by atoms with Gasteiger partial charge in [0.1, 0.15) is 0 Å². The number of thiophene rings is 1. The van der Waals surface area contributed by atoms with Crippen molar-refractivity contribution in [1.29, 1.82) is 0 Å².